The minimum Gasteiger partial charge on any atom is -0.351 e. The first-order valence-electron chi connectivity index (χ1n) is 7.28. The van der Waals surface area contributed by atoms with Gasteiger partial charge in [0.25, 0.3) is 5.91 Å². The summed E-state index contributed by atoms with van der Waals surface area (Å²) in [5, 5.41) is 6.59. The number of hydrogen-bond donors (Lipinski definition) is 2. The van der Waals surface area contributed by atoms with Crippen molar-refractivity contribution in [3.05, 3.63) is 52.8 Å². The van der Waals surface area contributed by atoms with Crippen LogP contribution < -0.4 is 10.6 Å². The summed E-state index contributed by atoms with van der Waals surface area (Å²) in [6.45, 7) is 1.89. The van der Waals surface area contributed by atoms with Crippen LogP contribution in [0.4, 0.5) is 5.95 Å². The molecule has 0 spiro atoms. The molecule has 7 heteroatoms. The van der Waals surface area contributed by atoms with Crippen LogP contribution in [0.5, 0.6) is 0 Å². The second kappa shape index (κ2) is 8.45. The first-order chi connectivity index (χ1) is 11.1. The Bertz CT molecular complexity index is 645. The van der Waals surface area contributed by atoms with Gasteiger partial charge in [-0.2, -0.15) is 0 Å². The van der Waals surface area contributed by atoms with E-state index < -0.39 is 0 Å². The Morgan fingerprint density at radius 2 is 1.91 bits per heavy atom. The van der Waals surface area contributed by atoms with Crippen molar-refractivity contribution < 1.29 is 4.79 Å². The topological polar surface area (TPSA) is 70.2 Å². The van der Waals surface area contributed by atoms with Crippen LogP contribution in [-0.4, -0.2) is 48.0 Å². The molecule has 0 aliphatic rings. The molecule has 0 aliphatic heterocycles. The molecule has 0 aliphatic carbocycles. The van der Waals surface area contributed by atoms with E-state index in [1.54, 1.807) is 0 Å². The Hall–Kier alpha value is -2.18. The van der Waals surface area contributed by atoms with Crippen molar-refractivity contribution in [3.8, 4) is 0 Å². The molecule has 0 bridgehead atoms. The highest BCUT2D eigenvalue weighted by atomic mass is 35.5. The summed E-state index contributed by atoms with van der Waals surface area (Å²) < 4.78 is 0. The summed E-state index contributed by atoms with van der Waals surface area (Å²) in [5.74, 6) is 0.277. The van der Waals surface area contributed by atoms with Gasteiger partial charge in [-0.05, 0) is 25.7 Å². The predicted octanol–water partition coefficient (Wildman–Crippen LogP) is 2.03. The quantitative estimate of drug-likeness (QED) is 0.811. The number of likely N-dealkylation sites (N-methyl/N-ethyl adjacent to an activating group) is 1. The maximum atomic E-state index is 11.9. The zero-order valence-electron chi connectivity index (χ0n) is 13.2. The molecule has 6 nitrogen and oxygen atoms in total. The molecular weight excluding hydrogens is 314 g/mol. The van der Waals surface area contributed by atoms with Gasteiger partial charge in [0.2, 0.25) is 5.95 Å². The average Bonchev–Trinajstić information content (AvgIpc) is 2.54. The van der Waals surface area contributed by atoms with Crippen molar-refractivity contribution >= 4 is 23.5 Å². The van der Waals surface area contributed by atoms with Gasteiger partial charge < -0.3 is 15.5 Å². The van der Waals surface area contributed by atoms with Crippen LogP contribution >= 0.6 is 11.6 Å². The average molecular weight is 334 g/mol. The molecule has 0 fully saturated rings. The third-order valence-electron chi connectivity index (χ3n) is 3.15. The second-order valence-corrected chi connectivity index (χ2v) is 5.71. The summed E-state index contributed by atoms with van der Waals surface area (Å²) >= 11 is 6.09. The number of nitrogens with one attached hydrogen (secondary N) is 2. The SMILES string of the molecule is CN(C)CCNC(=O)c1cnc(NCc2ccccc2Cl)nc1. The van der Waals surface area contributed by atoms with Crippen LogP contribution in [0.2, 0.25) is 5.02 Å². The Morgan fingerprint density at radius 3 is 2.57 bits per heavy atom. The van der Waals surface area contributed by atoms with E-state index in [-0.39, 0.29) is 5.91 Å². The van der Waals surface area contributed by atoms with Crippen LogP contribution in [0.25, 0.3) is 0 Å². The van der Waals surface area contributed by atoms with E-state index in [1.807, 2.05) is 43.3 Å². The zero-order chi connectivity index (χ0) is 16.7. The molecule has 2 N–H and O–H groups in total. The zero-order valence-corrected chi connectivity index (χ0v) is 14.0. The number of hydrogen-bond acceptors (Lipinski definition) is 5. The number of benzene rings is 1. The lowest BCUT2D eigenvalue weighted by molar-refractivity contribution is 0.0950. The van der Waals surface area contributed by atoms with Crippen molar-refractivity contribution in [2.24, 2.45) is 0 Å². The van der Waals surface area contributed by atoms with Gasteiger partial charge in [0.05, 0.1) is 5.56 Å². The van der Waals surface area contributed by atoms with E-state index in [4.69, 9.17) is 11.6 Å². The minimum absolute atomic E-state index is 0.176. The van der Waals surface area contributed by atoms with Crippen LogP contribution in [0.3, 0.4) is 0 Å². The number of amides is 1. The first kappa shape index (κ1) is 17.2. The molecule has 0 saturated heterocycles. The van der Waals surface area contributed by atoms with Crippen molar-refractivity contribution in [2.45, 2.75) is 6.54 Å². The predicted molar refractivity (Wildman–Crippen MR) is 91.7 cm³/mol. The number of rotatable bonds is 7. The van der Waals surface area contributed by atoms with E-state index in [2.05, 4.69) is 20.6 Å². The van der Waals surface area contributed by atoms with Crippen LogP contribution in [0, 0.1) is 0 Å². The van der Waals surface area contributed by atoms with Gasteiger partial charge in [0.1, 0.15) is 0 Å². The molecule has 2 rings (SSSR count). The summed E-state index contributed by atoms with van der Waals surface area (Å²) in [5.41, 5.74) is 1.40. The fourth-order valence-electron chi connectivity index (χ4n) is 1.85. The van der Waals surface area contributed by atoms with Crippen molar-refractivity contribution in [2.75, 3.05) is 32.5 Å². The highest BCUT2D eigenvalue weighted by Crippen LogP contribution is 2.15. The van der Waals surface area contributed by atoms with Gasteiger partial charge in [-0.25, -0.2) is 9.97 Å². The number of anilines is 1. The number of aromatic nitrogens is 2. The Morgan fingerprint density at radius 1 is 1.22 bits per heavy atom. The number of nitrogens with zero attached hydrogens (tertiary/aromatic N) is 3. The summed E-state index contributed by atoms with van der Waals surface area (Å²) in [7, 11) is 3.91. The molecule has 1 aromatic carbocycles. The highest BCUT2D eigenvalue weighted by Gasteiger charge is 2.07. The maximum absolute atomic E-state index is 11.9. The number of carbonyl (C=O) groups excluding carboxylic acids is 1. The van der Waals surface area contributed by atoms with Crippen molar-refractivity contribution in [1.29, 1.82) is 0 Å². The summed E-state index contributed by atoms with van der Waals surface area (Å²) in [6, 6.07) is 7.57. The van der Waals surface area contributed by atoms with Crippen LogP contribution in [0.1, 0.15) is 15.9 Å². The fraction of sp³-hybridized carbons (Fsp3) is 0.312. The lowest BCUT2D eigenvalue weighted by atomic mass is 10.2. The third kappa shape index (κ3) is 5.50. The molecule has 0 radical (unpaired) electrons. The van der Waals surface area contributed by atoms with Gasteiger partial charge in [-0.1, -0.05) is 29.8 Å². The monoisotopic (exact) mass is 333 g/mol. The molecule has 122 valence electrons. The van der Waals surface area contributed by atoms with E-state index in [9.17, 15) is 4.79 Å². The Balaban J connectivity index is 1.87. The lowest BCUT2D eigenvalue weighted by Crippen LogP contribution is -2.31. The molecule has 0 unspecified atom stereocenters. The highest BCUT2D eigenvalue weighted by molar-refractivity contribution is 6.31. The molecule has 23 heavy (non-hydrogen) atoms. The maximum Gasteiger partial charge on any atom is 0.254 e. The Kier molecular flexibility index (Phi) is 6.31. The second-order valence-electron chi connectivity index (χ2n) is 5.30. The summed E-state index contributed by atoms with van der Waals surface area (Å²) in [6.07, 6.45) is 3.01. The molecule has 0 atom stereocenters. The molecular formula is C16H20ClN5O. The van der Waals surface area contributed by atoms with Crippen LogP contribution in [-0.2, 0) is 6.54 Å². The molecule has 2 aromatic rings. The fourth-order valence-corrected chi connectivity index (χ4v) is 2.05. The van der Waals surface area contributed by atoms with E-state index in [0.717, 1.165) is 12.1 Å². The first-order valence-corrected chi connectivity index (χ1v) is 7.66. The standard InChI is InChI=1S/C16H20ClN5O/c1-22(2)8-7-18-15(23)13-10-20-16(21-11-13)19-9-12-5-3-4-6-14(12)17/h3-6,10-11H,7-9H2,1-2H3,(H,18,23)(H,19,20,21). The van der Waals surface area contributed by atoms with E-state index >= 15 is 0 Å². The number of halogens is 1. The summed E-state index contributed by atoms with van der Waals surface area (Å²) in [4.78, 5) is 22.2. The smallest absolute Gasteiger partial charge is 0.254 e. The van der Waals surface area contributed by atoms with Crippen molar-refractivity contribution in [3.63, 3.8) is 0 Å². The van der Waals surface area contributed by atoms with E-state index in [0.29, 0.717) is 29.6 Å². The third-order valence-corrected chi connectivity index (χ3v) is 3.52. The molecule has 1 amide bonds. The van der Waals surface area contributed by atoms with Gasteiger partial charge in [-0.15, -0.1) is 0 Å². The molecule has 1 heterocycles. The van der Waals surface area contributed by atoms with Crippen LogP contribution in [0.15, 0.2) is 36.7 Å². The molecule has 0 saturated carbocycles. The minimum atomic E-state index is -0.176. The number of carbonyl (C=O) groups is 1. The van der Waals surface area contributed by atoms with Gasteiger partial charge >= 0.3 is 0 Å². The van der Waals surface area contributed by atoms with Gasteiger partial charge in [0, 0.05) is 37.1 Å². The lowest BCUT2D eigenvalue weighted by Gasteiger charge is -2.10. The van der Waals surface area contributed by atoms with Gasteiger partial charge in [0.15, 0.2) is 0 Å². The van der Waals surface area contributed by atoms with Crippen molar-refractivity contribution in [1.82, 2.24) is 20.2 Å². The van der Waals surface area contributed by atoms with Gasteiger partial charge in [-0.3, -0.25) is 4.79 Å². The Labute approximate surface area is 140 Å². The normalized spacial score (nSPS) is 10.6. The van der Waals surface area contributed by atoms with E-state index in [1.165, 1.54) is 12.4 Å². The largest absolute Gasteiger partial charge is 0.351 e. The molecule has 1 aromatic heterocycles.